The van der Waals surface area contributed by atoms with Gasteiger partial charge in [-0.25, -0.2) is 9.59 Å². The molecule has 108 valence electrons. The fourth-order valence-corrected chi connectivity index (χ4v) is 2.92. The second kappa shape index (κ2) is 4.82. The van der Waals surface area contributed by atoms with Gasteiger partial charge in [0.1, 0.15) is 0 Å². The second-order valence-electron chi connectivity index (χ2n) is 5.10. The third-order valence-corrected chi connectivity index (χ3v) is 3.93. The minimum absolute atomic E-state index is 0.358. The molecule has 2 N–H and O–H groups in total. The molecule has 1 heterocycles. The lowest BCUT2D eigenvalue weighted by atomic mass is 9.65. The van der Waals surface area contributed by atoms with Gasteiger partial charge in [-0.3, -0.25) is 9.59 Å². The molecule has 0 aromatic carbocycles. The molecule has 0 amide bonds. The Morgan fingerprint density at radius 2 is 1.90 bits per heavy atom. The molecule has 0 spiro atoms. The maximum absolute atomic E-state index is 12.2. The van der Waals surface area contributed by atoms with Gasteiger partial charge in [-0.05, 0) is 19.8 Å². The Labute approximate surface area is 114 Å². The van der Waals surface area contributed by atoms with E-state index in [2.05, 4.69) is 0 Å². The second-order valence-corrected chi connectivity index (χ2v) is 5.10. The van der Waals surface area contributed by atoms with Crippen LogP contribution in [0.3, 0.4) is 0 Å². The molecule has 1 saturated heterocycles. The minimum Gasteiger partial charge on any atom is -0.478 e. The number of aliphatic carboxylic acids is 2. The van der Waals surface area contributed by atoms with Gasteiger partial charge in [0.15, 0.2) is 0 Å². The summed E-state index contributed by atoms with van der Waals surface area (Å²) in [4.78, 5) is 46.6. The normalized spacial score (nSPS) is 30.8. The van der Waals surface area contributed by atoms with E-state index >= 15 is 0 Å². The zero-order valence-electron chi connectivity index (χ0n) is 10.8. The molecule has 2 unspecified atom stereocenters. The van der Waals surface area contributed by atoms with Crippen molar-refractivity contribution >= 4 is 23.5 Å². The van der Waals surface area contributed by atoms with Crippen LogP contribution in [0.5, 0.6) is 0 Å². The number of carboxylic acids is 2. The first-order valence-corrected chi connectivity index (χ1v) is 6.19. The fourth-order valence-electron chi connectivity index (χ4n) is 2.92. The van der Waals surface area contributed by atoms with Crippen molar-refractivity contribution < 1.29 is 34.1 Å². The van der Waals surface area contributed by atoms with Crippen LogP contribution in [0.1, 0.15) is 26.2 Å². The molecule has 0 saturated carbocycles. The summed E-state index contributed by atoms with van der Waals surface area (Å²) < 4.78 is 5.36. The van der Waals surface area contributed by atoms with Gasteiger partial charge in [-0.15, -0.1) is 0 Å². The summed E-state index contributed by atoms with van der Waals surface area (Å²) in [7, 11) is 0. The van der Waals surface area contributed by atoms with Gasteiger partial charge in [-0.2, -0.15) is 0 Å². The summed E-state index contributed by atoms with van der Waals surface area (Å²) in [5.74, 6) is -4.76. The molecule has 0 aromatic heterocycles. The first-order valence-electron chi connectivity index (χ1n) is 6.19. The molecular formula is C13H14O7. The number of Topliss-reactive ketones (excluding diaryl/α,β-unsaturated/α-hetero) is 2. The van der Waals surface area contributed by atoms with E-state index in [9.17, 15) is 24.3 Å². The number of carbonyl (C=O) groups excluding carboxylic acids is 2. The van der Waals surface area contributed by atoms with Crippen LogP contribution in [0.25, 0.3) is 0 Å². The zero-order chi connectivity index (χ0) is 15.1. The van der Waals surface area contributed by atoms with Crippen LogP contribution in [0.15, 0.2) is 11.1 Å². The molecule has 2 rings (SSSR count). The lowest BCUT2D eigenvalue weighted by Crippen LogP contribution is -2.50. The molecular weight excluding hydrogens is 268 g/mol. The summed E-state index contributed by atoms with van der Waals surface area (Å²) in [5.41, 5.74) is -2.78. The Morgan fingerprint density at radius 3 is 2.35 bits per heavy atom. The van der Waals surface area contributed by atoms with E-state index in [0.717, 1.165) is 0 Å². The van der Waals surface area contributed by atoms with Gasteiger partial charge in [0, 0.05) is 13.0 Å². The van der Waals surface area contributed by atoms with Crippen molar-refractivity contribution in [2.75, 3.05) is 6.61 Å². The Hall–Kier alpha value is -2.02. The molecule has 20 heavy (non-hydrogen) atoms. The topological polar surface area (TPSA) is 118 Å². The number of carbonyl (C=O) groups is 4. The highest BCUT2D eigenvalue weighted by molar-refractivity contribution is 6.43. The number of ether oxygens (including phenoxy) is 1. The number of hydrogen-bond acceptors (Lipinski definition) is 5. The molecule has 2 atom stereocenters. The summed E-state index contributed by atoms with van der Waals surface area (Å²) in [6.45, 7) is 1.64. The average Bonchev–Trinajstić information content (AvgIpc) is 2.88. The van der Waals surface area contributed by atoms with Crippen LogP contribution in [0.2, 0.25) is 0 Å². The average molecular weight is 282 g/mol. The van der Waals surface area contributed by atoms with E-state index < -0.39 is 52.6 Å². The van der Waals surface area contributed by atoms with Crippen LogP contribution < -0.4 is 0 Å². The van der Waals surface area contributed by atoms with Gasteiger partial charge >= 0.3 is 11.9 Å². The number of hydrogen-bond donors (Lipinski definition) is 2. The highest BCUT2D eigenvalue weighted by Crippen LogP contribution is 2.44. The number of rotatable bonds is 3. The third-order valence-electron chi connectivity index (χ3n) is 3.93. The van der Waals surface area contributed by atoms with Crippen molar-refractivity contribution in [1.29, 1.82) is 0 Å². The van der Waals surface area contributed by atoms with Gasteiger partial charge in [0.25, 0.3) is 0 Å². The van der Waals surface area contributed by atoms with E-state index in [1.807, 2.05) is 0 Å². The number of ketones is 2. The molecule has 2 aliphatic rings. The summed E-state index contributed by atoms with van der Waals surface area (Å²) in [5, 5.41) is 18.4. The Bertz CT molecular complexity index is 539. The van der Waals surface area contributed by atoms with Gasteiger partial charge in [-0.1, -0.05) is 0 Å². The Morgan fingerprint density at radius 1 is 1.25 bits per heavy atom. The molecule has 0 bridgehead atoms. The Balaban J connectivity index is 2.67. The van der Waals surface area contributed by atoms with E-state index in [1.165, 1.54) is 6.92 Å². The van der Waals surface area contributed by atoms with E-state index in [0.29, 0.717) is 19.4 Å². The lowest BCUT2D eigenvalue weighted by molar-refractivity contribution is -0.150. The lowest BCUT2D eigenvalue weighted by Gasteiger charge is -2.36. The highest BCUT2D eigenvalue weighted by Gasteiger charge is 2.55. The van der Waals surface area contributed by atoms with Crippen molar-refractivity contribution in [2.45, 2.75) is 32.3 Å². The van der Waals surface area contributed by atoms with Crippen LogP contribution >= 0.6 is 0 Å². The van der Waals surface area contributed by atoms with E-state index in [4.69, 9.17) is 9.84 Å². The summed E-state index contributed by atoms with van der Waals surface area (Å²) in [6, 6.07) is 0. The van der Waals surface area contributed by atoms with Crippen molar-refractivity contribution in [3.05, 3.63) is 11.1 Å². The van der Waals surface area contributed by atoms with Crippen LogP contribution in [0.4, 0.5) is 0 Å². The van der Waals surface area contributed by atoms with Crippen LogP contribution in [-0.2, 0) is 23.9 Å². The molecule has 1 fully saturated rings. The molecule has 0 radical (unpaired) electrons. The SMILES string of the molecule is CC1(C2CCCO2)C(=O)C(=O)CC(C(=O)O)=C1C(=O)O. The van der Waals surface area contributed by atoms with Crippen molar-refractivity contribution in [1.82, 2.24) is 0 Å². The molecule has 1 aliphatic carbocycles. The minimum atomic E-state index is -1.73. The van der Waals surface area contributed by atoms with Gasteiger partial charge in [0.2, 0.25) is 11.6 Å². The maximum atomic E-state index is 12.2. The molecule has 7 nitrogen and oxygen atoms in total. The van der Waals surface area contributed by atoms with Crippen molar-refractivity contribution in [2.24, 2.45) is 5.41 Å². The van der Waals surface area contributed by atoms with Gasteiger partial charge < -0.3 is 14.9 Å². The standard InChI is InChI=1S/C13H14O7/c1-13(8-3-2-4-20-8)9(12(18)19)6(11(16)17)5-7(14)10(13)15/h8H,2-5H2,1H3,(H,16,17)(H,18,19). The molecule has 7 heteroatoms. The summed E-state index contributed by atoms with van der Waals surface area (Å²) >= 11 is 0. The highest BCUT2D eigenvalue weighted by atomic mass is 16.5. The quantitative estimate of drug-likeness (QED) is 0.709. The fraction of sp³-hybridized carbons (Fsp3) is 0.538. The molecule has 1 aliphatic heterocycles. The number of carboxylic acid groups (broad SMARTS) is 2. The first-order chi connectivity index (χ1) is 9.30. The van der Waals surface area contributed by atoms with Crippen molar-refractivity contribution in [3.8, 4) is 0 Å². The van der Waals surface area contributed by atoms with Crippen molar-refractivity contribution in [3.63, 3.8) is 0 Å². The van der Waals surface area contributed by atoms with E-state index in [-0.39, 0.29) is 0 Å². The van der Waals surface area contributed by atoms with Crippen LogP contribution in [0, 0.1) is 5.41 Å². The predicted octanol–water partition coefficient (Wildman–Crippen LogP) is 0.179. The first kappa shape index (κ1) is 14.4. The maximum Gasteiger partial charge on any atom is 0.333 e. The zero-order valence-corrected chi connectivity index (χ0v) is 10.8. The predicted molar refractivity (Wildman–Crippen MR) is 64.0 cm³/mol. The molecule has 0 aromatic rings. The monoisotopic (exact) mass is 282 g/mol. The van der Waals surface area contributed by atoms with E-state index in [1.54, 1.807) is 0 Å². The van der Waals surface area contributed by atoms with Gasteiger partial charge in [0.05, 0.1) is 22.7 Å². The smallest absolute Gasteiger partial charge is 0.333 e. The summed E-state index contributed by atoms with van der Waals surface area (Å²) in [6.07, 6.45) is -0.409. The Kier molecular flexibility index (Phi) is 3.47. The largest absolute Gasteiger partial charge is 0.478 e. The third kappa shape index (κ3) is 1.94. The van der Waals surface area contributed by atoms with Crippen LogP contribution in [-0.4, -0.2) is 46.4 Å².